The van der Waals surface area contributed by atoms with Gasteiger partial charge >= 0.3 is 0 Å². The Morgan fingerprint density at radius 1 is 1.03 bits per heavy atom. The highest BCUT2D eigenvalue weighted by atomic mass is 79.9. The van der Waals surface area contributed by atoms with E-state index in [1.165, 1.54) is 0 Å². The number of pyridine rings is 1. The number of Topliss-reactive ketones (excluding diaryl/α,β-unsaturated/α-hetero) is 1. The summed E-state index contributed by atoms with van der Waals surface area (Å²) < 4.78 is 6.89. The topological polar surface area (TPSA) is 65.9 Å². The van der Waals surface area contributed by atoms with Gasteiger partial charge in [-0.3, -0.25) is 9.69 Å². The van der Waals surface area contributed by atoms with Gasteiger partial charge in [-0.05, 0) is 42.0 Å². The van der Waals surface area contributed by atoms with E-state index >= 15 is 0 Å². The van der Waals surface area contributed by atoms with Crippen LogP contribution in [-0.4, -0.2) is 47.0 Å². The van der Waals surface area contributed by atoms with Gasteiger partial charge in [0.05, 0.1) is 11.1 Å². The van der Waals surface area contributed by atoms with Crippen molar-refractivity contribution in [2.75, 3.05) is 31.1 Å². The Balaban J connectivity index is 1.35. The number of ketones is 1. The Morgan fingerprint density at radius 3 is 2.56 bits per heavy atom. The Labute approximate surface area is 194 Å². The molecule has 32 heavy (non-hydrogen) atoms. The van der Waals surface area contributed by atoms with Gasteiger partial charge in [-0.25, -0.2) is 4.98 Å². The monoisotopic (exact) mass is 491 g/mol. The van der Waals surface area contributed by atoms with Crippen LogP contribution in [0.25, 0.3) is 6.08 Å². The second-order valence-corrected chi connectivity index (χ2v) is 8.71. The average molecular weight is 492 g/mol. The largest absolute Gasteiger partial charge is 0.507 e. The van der Waals surface area contributed by atoms with Crippen LogP contribution in [0.15, 0.2) is 71.0 Å². The number of allylic oxidation sites excluding steroid dienone is 1. The molecule has 0 aliphatic carbocycles. The number of aromatic nitrogens is 1. The fraction of sp³-hybridized carbons (Fsp3) is 0.200. The lowest BCUT2D eigenvalue weighted by Crippen LogP contribution is -2.46. The second-order valence-electron chi connectivity index (χ2n) is 7.85. The van der Waals surface area contributed by atoms with Crippen molar-refractivity contribution in [3.63, 3.8) is 0 Å². The van der Waals surface area contributed by atoms with Crippen LogP contribution in [0, 0.1) is 0 Å². The maximum atomic E-state index is 13.0. The zero-order chi connectivity index (χ0) is 22.1. The van der Waals surface area contributed by atoms with E-state index in [0.29, 0.717) is 23.4 Å². The third kappa shape index (κ3) is 4.01. The predicted octanol–water partition coefficient (Wildman–Crippen LogP) is 4.49. The third-order valence-corrected chi connectivity index (χ3v) is 6.56. The van der Waals surface area contributed by atoms with Gasteiger partial charge in [-0.1, -0.05) is 40.2 Å². The summed E-state index contributed by atoms with van der Waals surface area (Å²) in [7, 11) is 0. The molecule has 5 rings (SSSR count). The van der Waals surface area contributed by atoms with Crippen LogP contribution < -0.4 is 9.64 Å². The van der Waals surface area contributed by atoms with E-state index < -0.39 is 0 Å². The maximum absolute atomic E-state index is 13.0. The highest BCUT2D eigenvalue weighted by molar-refractivity contribution is 9.10. The number of carbonyl (C=O) groups is 1. The lowest BCUT2D eigenvalue weighted by Gasteiger charge is -2.35. The minimum Gasteiger partial charge on any atom is -0.507 e. The lowest BCUT2D eigenvalue weighted by molar-refractivity contribution is 0.101. The number of rotatable bonds is 4. The second kappa shape index (κ2) is 8.76. The number of halogens is 1. The molecule has 162 valence electrons. The van der Waals surface area contributed by atoms with E-state index in [-0.39, 0.29) is 17.3 Å². The number of piperazine rings is 1. The molecule has 0 spiro atoms. The Kier molecular flexibility index (Phi) is 5.68. The summed E-state index contributed by atoms with van der Waals surface area (Å²) in [5.74, 6) is 1.67. The first-order valence-corrected chi connectivity index (χ1v) is 11.3. The van der Waals surface area contributed by atoms with Crippen molar-refractivity contribution in [1.82, 2.24) is 9.88 Å². The molecule has 0 radical (unpaired) electrons. The van der Waals surface area contributed by atoms with Crippen LogP contribution in [0.5, 0.6) is 11.5 Å². The number of anilines is 1. The predicted molar refractivity (Wildman–Crippen MR) is 127 cm³/mol. The molecule has 2 aromatic carbocycles. The van der Waals surface area contributed by atoms with E-state index in [1.54, 1.807) is 24.4 Å². The number of phenols is 1. The molecule has 0 saturated carbocycles. The Bertz CT molecular complexity index is 1190. The highest BCUT2D eigenvalue weighted by Crippen LogP contribution is 2.40. The number of hydrogen-bond acceptors (Lipinski definition) is 6. The number of phenolic OH excluding ortho intramolecular Hbond substituents is 1. The lowest BCUT2D eigenvalue weighted by atomic mass is 10.0. The highest BCUT2D eigenvalue weighted by Gasteiger charge is 2.32. The number of benzene rings is 2. The molecule has 1 fully saturated rings. The molecule has 1 aromatic heterocycles. The van der Waals surface area contributed by atoms with Crippen molar-refractivity contribution >= 4 is 33.6 Å². The smallest absolute Gasteiger partial charge is 0.231 e. The molecule has 3 aromatic rings. The summed E-state index contributed by atoms with van der Waals surface area (Å²) in [6.45, 7) is 3.86. The van der Waals surface area contributed by atoms with Gasteiger partial charge in [0.15, 0.2) is 5.76 Å². The summed E-state index contributed by atoms with van der Waals surface area (Å²) in [5.41, 5.74) is 2.00. The van der Waals surface area contributed by atoms with Gasteiger partial charge in [0.25, 0.3) is 0 Å². The maximum Gasteiger partial charge on any atom is 0.231 e. The Hall–Kier alpha value is -3.16. The van der Waals surface area contributed by atoms with Crippen LogP contribution in [0.1, 0.15) is 21.5 Å². The van der Waals surface area contributed by atoms with Gasteiger partial charge in [-0.15, -0.1) is 0 Å². The fourth-order valence-corrected chi connectivity index (χ4v) is 4.48. The molecule has 3 heterocycles. The molecule has 7 heteroatoms. The molecule has 1 saturated heterocycles. The molecule has 2 aliphatic heterocycles. The van der Waals surface area contributed by atoms with E-state index in [2.05, 4.69) is 30.7 Å². The van der Waals surface area contributed by atoms with Gasteiger partial charge in [0, 0.05) is 43.4 Å². The van der Waals surface area contributed by atoms with Crippen LogP contribution in [0.4, 0.5) is 5.82 Å². The number of nitrogens with zero attached hydrogens (tertiary/aromatic N) is 3. The fourth-order valence-electron chi connectivity index (χ4n) is 4.08. The SMILES string of the molecule is O=C1/C(=C/c2ccccc2Br)Oc2c1ccc(O)c2CN1CCN(c2ccccn2)CC1. The molecule has 0 amide bonds. The number of carbonyl (C=O) groups excluding carboxylic acids is 1. The quantitative estimate of drug-likeness (QED) is 0.542. The molecule has 6 nitrogen and oxygen atoms in total. The van der Waals surface area contributed by atoms with Crippen LogP contribution in [0.3, 0.4) is 0 Å². The van der Waals surface area contributed by atoms with Crippen molar-refractivity contribution in [3.05, 3.63) is 87.7 Å². The zero-order valence-corrected chi connectivity index (χ0v) is 19.0. The van der Waals surface area contributed by atoms with Crippen molar-refractivity contribution in [2.45, 2.75) is 6.54 Å². The van der Waals surface area contributed by atoms with E-state index in [0.717, 1.165) is 42.0 Å². The number of ether oxygens (including phenoxy) is 1. The number of aromatic hydroxyl groups is 1. The van der Waals surface area contributed by atoms with Crippen molar-refractivity contribution in [3.8, 4) is 11.5 Å². The van der Waals surface area contributed by atoms with Gasteiger partial charge in [0.2, 0.25) is 5.78 Å². The molecular weight excluding hydrogens is 470 g/mol. The van der Waals surface area contributed by atoms with Gasteiger partial charge in [-0.2, -0.15) is 0 Å². The van der Waals surface area contributed by atoms with Crippen LogP contribution in [-0.2, 0) is 6.54 Å². The van der Waals surface area contributed by atoms with Crippen molar-refractivity contribution in [2.24, 2.45) is 0 Å². The summed E-state index contributed by atoms with van der Waals surface area (Å²) in [5, 5.41) is 10.6. The number of hydrogen-bond donors (Lipinski definition) is 1. The average Bonchev–Trinajstić information content (AvgIpc) is 3.14. The van der Waals surface area contributed by atoms with E-state index in [4.69, 9.17) is 4.74 Å². The first kappa shape index (κ1) is 20.7. The minimum absolute atomic E-state index is 0.144. The summed E-state index contributed by atoms with van der Waals surface area (Å²) >= 11 is 3.51. The zero-order valence-electron chi connectivity index (χ0n) is 17.4. The van der Waals surface area contributed by atoms with Crippen molar-refractivity contribution in [1.29, 1.82) is 0 Å². The normalized spacial score (nSPS) is 17.5. The first-order chi connectivity index (χ1) is 15.6. The van der Waals surface area contributed by atoms with Gasteiger partial charge in [0.1, 0.15) is 17.3 Å². The molecular formula is C25H22BrN3O3. The van der Waals surface area contributed by atoms with Gasteiger partial charge < -0.3 is 14.7 Å². The summed E-state index contributed by atoms with van der Waals surface area (Å²) in [6, 6.07) is 16.8. The minimum atomic E-state index is -0.169. The standard InChI is InChI=1S/C25H22BrN3O3/c26-20-6-2-1-5-17(20)15-22-24(31)18-8-9-21(30)19(25(18)32-22)16-28-11-13-29(14-12-28)23-7-3-4-10-27-23/h1-10,15,30H,11-14,16H2/b22-15-. The Morgan fingerprint density at radius 2 is 1.81 bits per heavy atom. The number of fused-ring (bicyclic) bond motifs is 1. The summed E-state index contributed by atoms with van der Waals surface area (Å²) in [4.78, 5) is 21.9. The van der Waals surface area contributed by atoms with E-state index in [9.17, 15) is 9.90 Å². The van der Waals surface area contributed by atoms with Crippen molar-refractivity contribution < 1.29 is 14.6 Å². The molecule has 2 aliphatic rings. The van der Waals surface area contributed by atoms with E-state index in [1.807, 2.05) is 42.5 Å². The van der Waals surface area contributed by atoms with Crippen LogP contribution >= 0.6 is 15.9 Å². The first-order valence-electron chi connectivity index (χ1n) is 10.5. The van der Waals surface area contributed by atoms with Crippen LogP contribution in [0.2, 0.25) is 0 Å². The summed E-state index contributed by atoms with van der Waals surface area (Å²) in [6.07, 6.45) is 3.54. The third-order valence-electron chi connectivity index (χ3n) is 5.84. The molecule has 1 N–H and O–H groups in total. The molecule has 0 unspecified atom stereocenters. The molecule has 0 atom stereocenters. The molecule has 0 bridgehead atoms.